The summed E-state index contributed by atoms with van der Waals surface area (Å²) in [6.07, 6.45) is 2.79. The highest BCUT2D eigenvalue weighted by Gasteiger charge is 2.17. The Morgan fingerprint density at radius 2 is 1.90 bits per heavy atom. The zero-order chi connectivity index (χ0) is 14.8. The van der Waals surface area contributed by atoms with Gasteiger partial charge in [-0.25, -0.2) is 8.42 Å². The summed E-state index contributed by atoms with van der Waals surface area (Å²) >= 11 is 6.48. The van der Waals surface area contributed by atoms with E-state index in [1.807, 2.05) is 0 Å². The average Bonchev–Trinajstić information content (AvgIpc) is 2.38. The summed E-state index contributed by atoms with van der Waals surface area (Å²) < 4.78 is 33.5. The fourth-order valence-corrected chi connectivity index (χ4v) is 3.43. The minimum absolute atomic E-state index is 0.0638. The van der Waals surface area contributed by atoms with Crippen LogP contribution in [0.25, 0.3) is 0 Å². The number of nitrogens with zero attached hydrogens (tertiary/aromatic N) is 1. The number of methoxy groups -OCH3 is 1. The summed E-state index contributed by atoms with van der Waals surface area (Å²) in [5, 5.41) is 0. The molecule has 0 saturated heterocycles. The fraction of sp³-hybridized carbons (Fsp3) is 0.0833. The molecule has 1 aromatic heterocycles. The Labute approximate surface area is 133 Å². The molecule has 106 valence electrons. The van der Waals surface area contributed by atoms with Gasteiger partial charge in [-0.2, -0.15) is 0 Å². The summed E-state index contributed by atoms with van der Waals surface area (Å²) in [5.74, 6) is 0.430. The van der Waals surface area contributed by atoms with Crippen LogP contribution in [0.2, 0.25) is 0 Å². The van der Waals surface area contributed by atoms with E-state index in [1.54, 1.807) is 18.2 Å². The lowest BCUT2D eigenvalue weighted by Crippen LogP contribution is -2.14. The fourth-order valence-electron chi connectivity index (χ4n) is 1.50. The molecule has 2 aromatic rings. The van der Waals surface area contributed by atoms with Crippen molar-refractivity contribution >= 4 is 47.6 Å². The van der Waals surface area contributed by atoms with Crippen LogP contribution in [-0.4, -0.2) is 20.5 Å². The van der Waals surface area contributed by atoms with Crippen LogP contribution in [0.3, 0.4) is 0 Å². The summed E-state index contributed by atoms with van der Waals surface area (Å²) in [6, 6.07) is 6.53. The highest BCUT2D eigenvalue weighted by molar-refractivity contribution is 9.10. The lowest BCUT2D eigenvalue weighted by Gasteiger charge is -2.12. The summed E-state index contributed by atoms with van der Waals surface area (Å²) in [7, 11) is -2.25. The third-order valence-electron chi connectivity index (χ3n) is 2.40. The second-order valence-electron chi connectivity index (χ2n) is 3.79. The second kappa shape index (κ2) is 6.11. The minimum atomic E-state index is -3.73. The Kier molecular flexibility index (Phi) is 4.66. The Hall–Kier alpha value is -1.12. The van der Waals surface area contributed by atoms with E-state index in [9.17, 15) is 8.42 Å². The monoisotopic (exact) mass is 420 g/mol. The van der Waals surface area contributed by atoms with Gasteiger partial charge in [0.2, 0.25) is 0 Å². The predicted octanol–water partition coefficient (Wildman–Crippen LogP) is 3.42. The van der Waals surface area contributed by atoms with Gasteiger partial charge in [-0.15, -0.1) is 0 Å². The summed E-state index contributed by atoms with van der Waals surface area (Å²) in [6.45, 7) is 0. The van der Waals surface area contributed by atoms with Crippen molar-refractivity contribution in [2.75, 3.05) is 11.8 Å². The normalized spacial score (nSPS) is 11.2. The SMILES string of the molecule is COc1ccc(Br)cc1NS(=O)(=O)c1cncc(Br)c1. The average molecular weight is 422 g/mol. The first kappa shape index (κ1) is 15.3. The molecule has 1 aromatic carbocycles. The van der Waals surface area contributed by atoms with Crippen molar-refractivity contribution in [1.29, 1.82) is 0 Å². The van der Waals surface area contributed by atoms with Crippen molar-refractivity contribution in [2.45, 2.75) is 4.90 Å². The van der Waals surface area contributed by atoms with Crippen molar-refractivity contribution in [3.8, 4) is 5.75 Å². The van der Waals surface area contributed by atoms with Gasteiger partial charge in [0.05, 0.1) is 12.8 Å². The second-order valence-corrected chi connectivity index (χ2v) is 7.30. The number of halogens is 2. The third kappa shape index (κ3) is 3.50. The quantitative estimate of drug-likeness (QED) is 0.821. The Morgan fingerprint density at radius 1 is 1.15 bits per heavy atom. The van der Waals surface area contributed by atoms with Gasteiger partial charge < -0.3 is 4.74 Å². The summed E-state index contributed by atoms with van der Waals surface area (Å²) in [4.78, 5) is 3.91. The number of sulfonamides is 1. The van der Waals surface area contributed by atoms with Crippen LogP contribution in [0.1, 0.15) is 0 Å². The van der Waals surface area contributed by atoms with Crippen LogP contribution in [-0.2, 0) is 10.0 Å². The highest BCUT2D eigenvalue weighted by atomic mass is 79.9. The maximum atomic E-state index is 12.3. The van der Waals surface area contributed by atoms with E-state index in [4.69, 9.17) is 4.74 Å². The van der Waals surface area contributed by atoms with Crippen LogP contribution < -0.4 is 9.46 Å². The molecule has 0 aliphatic carbocycles. The van der Waals surface area contributed by atoms with Crippen LogP contribution in [0.5, 0.6) is 5.75 Å². The first-order valence-electron chi connectivity index (χ1n) is 5.39. The van der Waals surface area contributed by atoms with Crippen molar-refractivity contribution < 1.29 is 13.2 Å². The molecule has 0 radical (unpaired) electrons. The standard InChI is InChI=1S/C12H10Br2N2O3S/c1-19-12-3-2-8(13)5-11(12)16-20(17,18)10-4-9(14)6-15-7-10/h2-7,16H,1H3. The number of pyridine rings is 1. The largest absolute Gasteiger partial charge is 0.495 e. The van der Waals surface area contributed by atoms with Crippen molar-refractivity contribution in [3.05, 3.63) is 45.6 Å². The van der Waals surface area contributed by atoms with Gasteiger partial charge in [0.15, 0.2) is 0 Å². The van der Waals surface area contributed by atoms with E-state index in [1.165, 1.54) is 25.6 Å². The van der Waals surface area contributed by atoms with E-state index < -0.39 is 10.0 Å². The number of aromatic nitrogens is 1. The lowest BCUT2D eigenvalue weighted by molar-refractivity contribution is 0.417. The molecular weight excluding hydrogens is 412 g/mol. The predicted molar refractivity (Wildman–Crippen MR) is 83.4 cm³/mol. The molecule has 0 spiro atoms. The Morgan fingerprint density at radius 3 is 2.55 bits per heavy atom. The number of rotatable bonds is 4. The number of nitrogens with one attached hydrogen (secondary N) is 1. The van der Waals surface area contributed by atoms with E-state index in [0.29, 0.717) is 15.9 Å². The zero-order valence-corrected chi connectivity index (χ0v) is 14.3. The zero-order valence-electron chi connectivity index (χ0n) is 10.3. The molecule has 2 rings (SSSR count). The van der Waals surface area contributed by atoms with Crippen LogP contribution in [0, 0.1) is 0 Å². The van der Waals surface area contributed by atoms with Gasteiger partial charge in [-0.3, -0.25) is 9.71 Å². The first-order valence-corrected chi connectivity index (χ1v) is 8.46. The Bertz CT molecular complexity index is 735. The molecule has 0 atom stereocenters. The van der Waals surface area contributed by atoms with E-state index in [2.05, 4.69) is 41.6 Å². The number of benzene rings is 1. The first-order chi connectivity index (χ1) is 9.42. The number of hydrogen-bond acceptors (Lipinski definition) is 4. The van der Waals surface area contributed by atoms with Crippen LogP contribution in [0.4, 0.5) is 5.69 Å². The van der Waals surface area contributed by atoms with Gasteiger partial charge >= 0.3 is 0 Å². The van der Waals surface area contributed by atoms with Crippen molar-refractivity contribution in [2.24, 2.45) is 0 Å². The van der Waals surface area contributed by atoms with E-state index in [-0.39, 0.29) is 4.90 Å². The van der Waals surface area contributed by atoms with E-state index >= 15 is 0 Å². The topological polar surface area (TPSA) is 68.3 Å². The minimum Gasteiger partial charge on any atom is -0.495 e. The van der Waals surface area contributed by atoms with Crippen molar-refractivity contribution in [1.82, 2.24) is 4.98 Å². The van der Waals surface area contributed by atoms with E-state index in [0.717, 1.165) is 4.47 Å². The summed E-state index contributed by atoms with van der Waals surface area (Å²) in [5.41, 5.74) is 0.349. The molecule has 0 fully saturated rings. The smallest absolute Gasteiger partial charge is 0.263 e. The maximum absolute atomic E-state index is 12.3. The van der Waals surface area contributed by atoms with Crippen LogP contribution >= 0.6 is 31.9 Å². The van der Waals surface area contributed by atoms with Gasteiger partial charge in [0, 0.05) is 21.3 Å². The molecule has 0 bridgehead atoms. The molecule has 1 heterocycles. The molecule has 5 nitrogen and oxygen atoms in total. The Balaban J connectivity index is 2.40. The third-order valence-corrected chi connectivity index (χ3v) is 4.66. The van der Waals surface area contributed by atoms with Gasteiger partial charge in [0.1, 0.15) is 10.6 Å². The molecule has 0 amide bonds. The molecule has 0 saturated carbocycles. The highest BCUT2D eigenvalue weighted by Crippen LogP contribution is 2.30. The van der Waals surface area contributed by atoms with Gasteiger partial charge in [-0.05, 0) is 40.2 Å². The van der Waals surface area contributed by atoms with Gasteiger partial charge in [-0.1, -0.05) is 15.9 Å². The molecule has 0 aliphatic heterocycles. The molecule has 0 unspecified atom stereocenters. The number of ether oxygens (including phenoxy) is 1. The number of hydrogen-bond donors (Lipinski definition) is 1. The molecule has 8 heteroatoms. The number of anilines is 1. The lowest BCUT2D eigenvalue weighted by atomic mass is 10.3. The van der Waals surface area contributed by atoms with Gasteiger partial charge in [0.25, 0.3) is 10.0 Å². The maximum Gasteiger partial charge on any atom is 0.263 e. The van der Waals surface area contributed by atoms with Crippen molar-refractivity contribution in [3.63, 3.8) is 0 Å². The molecule has 1 N–H and O–H groups in total. The molecule has 20 heavy (non-hydrogen) atoms. The molecular formula is C12H10Br2N2O3S. The molecule has 0 aliphatic rings. The van der Waals surface area contributed by atoms with Crippen LogP contribution in [0.15, 0.2) is 50.5 Å².